The second-order valence-corrected chi connectivity index (χ2v) is 8.98. The first-order valence-corrected chi connectivity index (χ1v) is 9.77. The Hall–Kier alpha value is -2.74. The number of aliphatic hydroxyl groups is 1. The summed E-state index contributed by atoms with van der Waals surface area (Å²) >= 11 is 0. The Bertz CT molecular complexity index is 966. The lowest BCUT2D eigenvalue weighted by Gasteiger charge is -2.43. The molecular formula is C21H23NO7. The van der Waals surface area contributed by atoms with Crippen LogP contribution in [0.1, 0.15) is 26.7 Å². The van der Waals surface area contributed by atoms with Crippen LogP contribution in [0.5, 0.6) is 17.2 Å². The van der Waals surface area contributed by atoms with Gasteiger partial charge in [-0.25, -0.2) is 4.79 Å². The third kappa shape index (κ3) is 1.92. The molecule has 2 aliphatic carbocycles. The van der Waals surface area contributed by atoms with Crippen LogP contribution in [-0.4, -0.2) is 56.0 Å². The van der Waals surface area contributed by atoms with Crippen LogP contribution in [0.15, 0.2) is 24.3 Å². The second-order valence-electron chi connectivity index (χ2n) is 8.98. The molecule has 2 aliphatic heterocycles. The molecule has 1 aromatic rings. The summed E-state index contributed by atoms with van der Waals surface area (Å²) in [4.78, 5) is 27.5. The van der Waals surface area contributed by atoms with E-state index >= 15 is 0 Å². The number of rotatable bonds is 1. The van der Waals surface area contributed by atoms with Crippen molar-refractivity contribution in [3.05, 3.63) is 24.3 Å². The van der Waals surface area contributed by atoms with Gasteiger partial charge in [0.1, 0.15) is 34.6 Å². The van der Waals surface area contributed by atoms with E-state index in [0.29, 0.717) is 12.8 Å². The maximum absolute atomic E-state index is 13.0. The van der Waals surface area contributed by atoms with E-state index in [1.807, 2.05) is 6.92 Å². The number of fused-ring (bicyclic) bond motifs is 4. The van der Waals surface area contributed by atoms with Gasteiger partial charge >= 0.3 is 5.97 Å². The van der Waals surface area contributed by atoms with Crippen LogP contribution in [0.4, 0.5) is 5.69 Å². The molecule has 8 nitrogen and oxygen atoms in total. The van der Waals surface area contributed by atoms with Gasteiger partial charge in [-0.05, 0) is 37.8 Å². The molecule has 3 fully saturated rings. The molecule has 5 rings (SSSR count). The number of ketones is 1. The molecule has 6 atom stereocenters. The number of hydrogen-bond donors (Lipinski definition) is 4. The van der Waals surface area contributed by atoms with Crippen molar-refractivity contribution in [1.82, 2.24) is 0 Å². The van der Waals surface area contributed by atoms with Crippen LogP contribution in [0.25, 0.3) is 0 Å². The molecular weight excluding hydrogens is 378 g/mol. The van der Waals surface area contributed by atoms with E-state index in [-0.39, 0.29) is 41.2 Å². The molecule has 1 saturated carbocycles. The van der Waals surface area contributed by atoms with E-state index in [2.05, 4.69) is 0 Å². The highest BCUT2D eigenvalue weighted by Gasteiger charge is 2.77. The first kappa shape index (κ1) is 18.3. The summed E-state index contributed by atoms with van der Waals surface area (Å²) in [6.45, 7) is 3.76. The molecule has 154 valence electrons. The van der Waals surface area contributed by atoms with Crippen molar-refractivity contribution >= 4 is 17.4 Å². The Kier molecular flexibility index (Phi) is 3.31. The lowest BCUT2D eigenvalue weighted by atomic mass is 9.64. The van der Waals surface area contributed by atoms with Gasteiger partial charge in [0.15, 0.2) is 11.3 Å². The molecule has 2 heterocycles. The number of allylic oxidation sites excluding steroid dienone is 1. The molecule has 0 radical (unpaired) electrons. The van der Waals surface area contributed by atoms with Gasteiger partial charge in [0.05, 0.1) is 12.0 Å². The number of aromatic hydroxyl groups is 3. The Balaban J connectivity index is 1.60. The zero-order valence-electron chi connectivity index (χ0n) is 16.1. The highest BCUT2D eigenvalue weighted by molar-refractivity contribution is 6.02. The monoisotopic (exact) mass is 401 g/mol. The van der Waals surface area contributed by atoms with Gasteiger partial charge in [0, 0.05) is 18.1 Å². The molecule has 3 unspecified atom stereocenters. The fraction of sp³-hybridized carbons (Fsp3) is 0.524. The van der Waals surface area contributed by atoms with Crippen molar-refractivity contribution in [2.24, 2.45) is 17.3 Å². The van der Waals surface area contributed by atoms with Crippen LogP contribution in [-0.2, 0) is 14.3 Å². The average Bonchev–Trinajstić information content (AvgIpc) is 3.25. The van der Waals surface area contributed by atoms with Crippen molar-refractivity contribution in [2.75, 3.05) is 11.4 Å². The van der Waals surface area contributed by atoms with E-state index < -0.39 is 34.5 Å². The van der Waals surface area contributed by atoms with Crippen LogP contribution >= 0.6 is 0 Å². The Morgan fingerprint density at radius 3 is 2.45 bits per heavy atom. The summed E-state index contributed by atoms with van der Waals surface area (Å²) < 4.78 is 5.77. The molecule has 0 aromatic heterocycles. The molecule has 1 spiro atoms. The van der Waals surface area contributed by atoms with Gasteiger partial charge in [-0.15, -0.1) is 0 Å². The minimum absolute atomic E-state index is 0.0500. The van der Waals surface area contributed by atoms with Crippen molar-refractivity contribution in [1.29, 1.82) is 0 Å². The van der Waals surface area contributed by atoms with Gasteiger partial charge in [-0.1, -0.05) is 6.92 Å². The minimum atomic E-state index is -1.40. The fourth-order valence-electron chi connectivity index (χ4n) is 5.89. The van der Waals surface area contributed by atoms with Gasteiger partial charge in [0.2, 0.25) is 0 Å². The predicted molar refractivity (Wildman–Crippen MR) is 100 cm³/mol. The van der Waals surface area contributed by atoms with E-state index in [4.69, 9.17) is 4.74 Å². The van der Waals surface area contributed by atoms with Crippen molar-refractivity contribution < 1.29 is 34.8 Å². The lowest BCUT2D eigenvalue weighted by Crippen LogP contribution is -2.57. The Labute approximate surface area is 167 Å². The summed E-state index contributed by atoms with van der Waals surface area (Å²) in [6, 6.07) is 2.19. The largest absolute Gasteiger partial charge is 0.508 e. The Morgan fingerprint density at radius 2 is 1.79 bits per heavy atom. The topological polar surface area (TPSA) is 127 Å². The quantitative estimate of drug-likeness (QED) is 0.409. The van der Waals surface area contributed by atoms with E-state index in [0.717, 1.165) is 12.1 Å². The third-order valence-corrected chi connectivity index (χ3v) is 7.73. The maximum atomic E-state index is 13.0. The summed E-state index contributed by atoms with van der Waals surface area (Å²) in [5.41, 5.74) is -3.76. The van der Waals surface area contributed by atoms with E-state index in [9.17, 15) is 30.0 Å². The number of esters is 1. The first-order valence-electron chi connectivity index (χ1n) is 9.77. The highest BCUT2D eigenvalue weighted by Crippen LogP contribution is 2.63. The van der Waals surface area contributed by atoms with Crippen LogP contribution in [0, 0.1) is 17.3 Å². The van der Waals surface area contributed by atoms with Gasteiger partial charge < -0.3 is 30.1 Å². The average molecular weight is 401 g/mol. The second kappa shape index (κ2) is 5.24. The Morgan fingerprint density at radius 1 is 1.14 bits per heavy atom. The van der Waals surface area contributed by atoms with E-state index in [1.54, 1.807) is 11.8 Å². The maximum Gasteiger partial charge on any atom is 0.334 e. The number of nitrogens with zero attached hydrogens (tertiary/aromatic N) is 1. The van der Waals surface area contributed by atoms with Crippen molar-refractivity contribution in [3.63, 3.8) is 0 Å². The molecule has 2 saturated heterocycles. The highest BCUT2D eigenvalue weighted by atomic mass is 16.6. The number of carbonyl (C=O) groups is 2. The minimum Gasteiger partial charge on any atom is -0.508 e. The first-order chi connectivity index (χ1) is 13.6. The molecule has 0 bridgehead atoms. The molecule has 1 aromatic carbocycles. The fourth-order valence-corrected chi connectivity index (χ4v) is 5.89. The number of ether oxygens (including phenoxy) is 1. The number of carbonyl (C=O) groups excluding carboxylic acids is 2. The van der Waals surface area contributed by atoms with Crippen molar-refractivity contribution in [2.45, 2.75) is 43.9 Å². The molecule has 29 heavy (non-hydrogen) atoms. The van der Waals surface area contributed by atoms with Crippen LogP contribution < -0.4 is 4.90 Å². The standard InChI is InChI=1S/C21H23NO7/c1-10-3-4-12-17(19(2)15(26)5-6-21(10,19)28)29-18(27)20(12)9-22(20)16-13(24)7-11(23)8-14(16)25/h5-8,10,12,17,23-25,28H,3-4,9H2,1-2H3/t10-,12?,17?,19-,20?,21+,22?/m0/s1. The van der Waals surface area contributed by atoms with Gasteiger partial charge in [-0.3, -0.25) is 4.79 Å². The zero-order valence-corrected chi connectivity index (χ0v) is 16.1. The molecule has 4 aliphatic rings. The third-order valence-electron chi connectivity index (χ3n) is 7.73. The predicted octanol–water partition coefficient (Wildman–Crippen LogP) is 1.21. The zero-order chi connectivity index (χ0) is 20.9. The lowest BCUT2D eigenvalue weighted by molar-refractivity contribution is -0.166. The SMILES string of the molecule is C[C@H]1CCC2C(OC(=O)C23CN3c2c(O)cc(O)cc2O)[C@]2(C)C(=O)C=C[C@@]12O. The van der Waals surface area contributed by atoms with Gasteiger partial charge in [-0.2, -0.15) is 0 Å². The normalized spacial score (nSPS) is 42.6. The molecule has 8 heteroatoms. The number of anilines is 1. The van der Waals surface area contributed by atoms with Crippen molar-refractivity contribution in [3.8, 4) is 17.2 Å². The van der Waals surface area contributed by atoms with Gasteiger partial charge in [0.25, 0.3) is 0 Å². The number of phenols is 3. The number of hydrogen-bond acceptors (Lipinski definition) is 8. The summed E-state index contributed by atoms with van der Waals surface area (Å²) in [6.07, 6.45) is 3.22. The van der Waals surface area contributed by atoms with Crippen LogP contribution in [0.3, 0.4) is 0 Å². The summed E-state index contributed by atoms with van der Waals surface area (Å²) in [5.74, 6) is -2.40. The molecule has 4 N–H and O–H groups in total. The summed E-state index contributed by atoms with van der Waals surface area (Å²) in [5, 5.41) is 41.5. The van der Waals surface area contributed by atoms with Crippen LogP contribution in [0.2, 0.25) is 0 Å². The molecule has 0 amide bonds. The number of benzene rings is 1. The van der Waals surface area contributed by atoms with E-state index in [1.165, 1.54) is 12.2 Å². The smallest absolute Gasteiger partial charge is 0.334 e. The summed E-state index contributed by atoms with van der Waals surface area (Å²) in [7, 11) is 0. The number of phenolic OH excluding ortho intramolecular Hbond substituents is 3.